The monoisotopic (exact) mass is 498 g/mol. The Kier molecular flexibility index (Phi) is 6.87. The molecule has 0 bridgehead atoms. The van der Waals surface area contributed by atoms with Crippen LogP contribution in [0.1, 0.15) is 18.4 Å². The van der Waals surface area contributed by atoms with E-state index in [0.29, 0.717) is 53.8 Å². The second kappa shape index (κ2) is 9.69. The number of aliphatic imine (C=N–C) groups is 1. The fraction of sp³-hybridized carbons (Fsp3) is 0.364. The Balaban J connectivity index is 1.30. The summed E-state index contributed by atoms with van der Waals surface area (Å²) in [7, 11) is 1.52. The van der Waals surface area contributed by atoms with E-state index >= 15 is 0 Å². The van der Waals surface area contributed by atoms with Crippen LogP contribution in [0.15, 0.2) is 47.5 Å². The third-order valence-corrected chi connectivity index (χ3v) is 5.75. The van der Waals surface area contributed by atoms with Crippen LogP contribution >= 0.6 is 11.6 Å². The van der Waals surface area contributed by atoms with Gasteiger partial charge in [-0.05, 0) is 42.5 Å². The zero-order chi connectivity index (χ0) is 24.3. The maximum atomic E-state index is 12.4. The van der Waals surface area contributed by atoms with Gasteiger partial charge in [-0.25, -0.2) is 15.3 Å². The standard InChI is InChI=1S/C22H22ClF3N4O4/c1-32-18-7-4-15(12-17(18)23)27-19(31)13-30-10-8-21(9-11-30)28-20(29-34-21)14-2-5-16(6-3-14)33-22(24,25)26/h2-7,12H,8-11,13H2,1H3,(H,27,31)(H,28,29). The molecule has 2 aliphatic rings. The van der Waals surface area contributed by atoms with Gasteiger partial charge in [0.2, 0.25) is 5.91 Å². The van der Waals surface area contributed by atoms with Gasteiger partial charge in [0.05, 0.1) is 18.7 Å². The van der Waals surface area contributed by atoms with E-state index in [1.54, 1.807) is 18.2 Å². The van der Waals surface area contributed by atoms with Gasteiger partial charge in [0.1, 0.15) is 11.5 Å². The molecule has 0 saturated carbocycles. The highest BCUT2D eigenvalue weighted by Crippen LogP contribution is 2.32. The van der Waals surface area contributed by atoms with Crippen molar-refractivity contribution in [2.75, 3.05) is 32.1 Å². The molecule has 12 heteroatoms. The zero-order valence-electron chi connectivity index (χ0n) is 18.1. The molecular weight excluding hydrogens is 477 g/mol. The Bertz CT molecular complexity index is 1070. The average Bonchev–Trinajstić information content (AvgIpc) is 3.19. The summed E-state index contributed by atoms with van der Waals surface area (Å²) in [5, 5.41) is 3.22. The molecule has 1 amide bonds. The summed E-state index contributed by atoms with van der Waals surface area (Å²) < 4.78 is 46.0. The van der Waals surface area contributed by atoms with Crippen LogP contribution in [0, 0.1) is 0 Å². The number of carbonyl (C=O) groups excluding carboxylic acids is 1. The number of hydroxylamine groups is 1. The number of halogens is 4. The molecule has 2 heterocycles. The van der Waals surface area contributed by atoms with Gasteiger partial charge in [-0.2, -0.15) is 0 Å². The minimum absolute atomic E-state index is 0.173. The summed E-state index contributed by atoms with van der Waals surface area (Å²) in [4.78, 5) is 24.8. The van der Waals surface area contributed by atoms with Crippen molar-refractivity contribution in [3.8, 4) is 11.5 Å². The summed E-state index contributed by atoms with van der Waals surface area (Å²) >= 11 is 6.09. The molecule has 2 N–H and O–H groups in total. The Morgan fingerprint density at radius 3 is 2.56 bits per heavy atom. The van der Waals surface area contributed by atoms with Crippen molar-refractivity contribution in [2.24, 2.45) is 4.99 Å². The largest absolute Gasteiger partial charge is 0.573 e. The molecule has 0 aliphatic carbocycles. The zero-order valence-corrected chi connectivity index (χ0v) is 18.9. The van der Waals surface area contributed by atoms with E-state index in [1.165, 1.54) is 31.4 Å². The lowest BCUT2D eigenvalue weighted by molar-refractivity contribution is -0.274. The number of nitrogens with one attached hydrogen (secondary N) is 2. The number of hydrogen-bond donors (Lipinski definition) is 2. The Hall–Kier alpha value is -3.02. The summed E-state index contributed by atoms with van der Waals surface area (Å²) in [6, 6.07) is 10.4. The number of methoxy groups -OCH3 is 1. The number of rotatable bonds is 6. The Labute approximate surface area is 198 Å². The van der Waals surface area contributed by atoms with E-state index in [0.717, 1.165) is 0 Å². The minimum atomic E-state index is -4.75. The van der Waals surface area contributed by atoms with Gasteiger partial charge in [0, 0.05) is 37.2 Å². The highest BCUT2D eigenvalue weighted by atomic mass is 35.5. The number of benzene rings is 2. The van der Waals surface area contributed by atoms with Gasteiger partial charge >= 0.3 is 6.36 Å². The molecule has 1 spiro atoms. The molecule has 4 rings (SSSR count). The molecule has 1 saturated heterocycles. The molecule has 2 aromatic rings. The number of carbonyl (C=O) groups is 1. The van der Waals surface area contributed by atoms with Crippen LogP contribution in [-0.2, 0) is 9.63 Å². The minimum Gasteiger partial charge on any atom is -0.495 e. The number of likely N-dealkylation sites (tertiary alicyclic amines) is 1. The lowest BCUT2D eigenvalue weighted by Gasteiger charge is -2.35. The molecule has 2 aliphatic heterocycles. The first-order valence-corrected chi connectivity index (χ1v) is 10.8. The predicted molar refractivity (Wildman–Crippen MR) is 119 cm³/mol. The number of piperidine rings is 1. The van der Waals surface area contributed by atoms with Crippen LogP contribution in [-0.4, -0.2) is 55.5 Å². The highest BCUT2D eigenvalue weighted by molar-refractivity contribution is 6.32. The fourth-order valence-electron chi connectivity index (χ4n) is 3.75. The van der Waals surface area contributed by atoms with Crippen molar-refractivity contribution in [1.82, 2.24) is 10.4 Å². The first-order chi connectivity index (χ1) is 16.1. The molecule has 1 fully saturated rings. The van der Waals surface area contributed by atoms with Gasteiger partial charge in [-0.1, -0.05) is 11.6 Å². The van der Waals surface area contributed by atoms with E-state index in [9.17, 15) is 18.0 Å². The molecule has 0 atom stereocenters. The van der Waals surface area contributed by atoms with Crippen molar-refractivity contribution >= 4 is 29.0 Å². The van der Waals surface area contributed by atoms with Gasteiger partial charge in [-0.3, -0.25) is 9.69 Å². The molecule has 0 unspecified atom stereocenters. The number of amidine groups is 1. The van der Waals surface area contributed by atoms with Gasteiger partial charge in [0.25, 0.3) is 0 Å². The first-order valence-electron chi connectivity index (χ1n) is 10.4. The lowest BCUT2D eigenvalue weighted by atomic mass is 10.0. The Morgan fingerprint density at radius 1 is 1.24 bits per heavy atom. The highest BCUT2D eigenvalue weighted by Gasteiger charge is 2.40. The summed E-state index contributed by atoms with van der Waals surface area (Å²) in [6.45, 7) is 1.35. The number of alkyl halides is 3. The first kappa shape index (κ1) is 24.1. The van der Waals surface area contributed by atoms with Gasteiger partial charge in [-0.15, -0.1) is 13.2 Å². The number of nitrogens with zero attached hydrogens (tertiary/aromatic N) is 2. The molecule has 34 heavy (non-hydrogen) atoms. The van der Waals surface area contributed by atoms with E-state index in [2.05, 4.69) is 20.5 Å². The second-order valence-electron chi connectivity index (χ2n) is 7.86. The van der Waals surface area contributed by atoms with Gasteiger partial charge in [0.15, 0.2) is 11.6 Å². The smallest absolute Gasteiger partial charge is 0.495 e. The fourth-order valence-corrected chi connectivity index (χ4v) is 4.01. The van der Waals surface area contributed by atoms with Crippen LogP contribution in [0.2, 0.25) is 5.02 Å². The van der Waals surface area contributed by atoms with Crippen LogP contribution in [0.5, 0.6) is 11.5 Å². The summed E-state index contributed by atoms with van der Waals surface area (Å²) in [6.07, 6.45) is -3.66. The molecule has 2 aromatic carbocycles. The molecule has 0 radical (unpaired) electrons. The molecule has 182 valence electrons. The maximum absolute atomic E-state index is 12.4. The third-order valence-electron chi connectivity index (χ3n) is 5.45. The van der Waals surface area contributed by atoms with Crippen LogP contribution in [0.3, 0.4) is 0 Å². The van der Waals surface area contributed by atoms with E-state index < -0.39 is 12.1 Å². The van der Waals surface area contributed by atoms with Crippen LogP contribution < -0.4 is 20.3 Å². The SMILES string of the molecule is COc1ccc(NC(=O)CN2CCC3(CC2)N=C(c2ccc(OC(F)(F)F)cc2)NO3)cc1Cl. The number of amides is 1. The van der Waals surface area contributed by atoms with Gasteiger partial charge < -0.3 is 14.8 Å². The average molecular weight is 499 g/mol. The van der Waals surface area contributed by atoms with E-state index in [4.69, 9.17) is 21.2 Å². The molecular formula is C22H22ClF3N4O4. The molecule has 8 nitrogen and oxygen atoms in total. The molecule has 0 aromatic heterocycles. The van der Waals surface area contributed by atoms with Crippen molar-refractivity contribution in [1.29, 1.82) is 0 Å². The van der Waals surface area contributed by atoms with Crippen LogP contribution in [0.25, 0.3) is 0 Å². The quantitative estimate of drug-likeness (QED) is 0.627. The second-order valence-corrected chi connectivity index (χ2v) is 8.26. The lowest BCUT2D eigenvalue weighted by Crippen LogP contribution is -2.46. The Morgan fingerprint density at radius 2 is 1.94 bits per heavy atom. The number of anilines is 1. The van der Waals surface area contributed by atoms with E-state index in [-0.39, 0.29) is 18.2 Å². The van der Waals surface area contributed by atoms with Crippen molar-refractivity contribution in [2.45, 2.75) is 24.9 Å². The summed E-state index contributed by atoms with van der Waals surface area (Å²) in [5.41, 5.74) is 3.14. The normalized spacial score (nSPS) is 17.7. The van der Waals surface area contributed by atoms with Crippen molar-refractivity contribution in [3.63, 3.8) is 0 Å². The van der Waals surface area contributed by atoms with Crippen molar-refractivity contribution < 1.29 is 32.3 Å². The maximum Gasteiger partial charge on any atom is 0.573 e. The van der Waals surface area contributed by atoms with E-state index in [1.807, 2.05) is 4.90 Å². The van der Waals surface area contributed by atoms with Crippen molar-refractivity contribution in [3.05, 3.63) is 53.1 Å². The number of hydrogen-bond acceptors (Lipinski definition) is 7. The van der Waals surface area contributed by atoms with Crippen LogP contribution in [0.4, 0.5) is 18.9 Å². The number of ether oxygens (including phenoxy) is 2. The topological polar surface area (TPSA) is 84.4 Å². The summed E-state index contributed by atoms with van der Waals surface area (Å²) in [5.74, 6) is 0.472. The predicted octanol–water partition coefficient (Wildman–Crippen LogP) is 3.96. The third kappa shape index (κ3) is 5.91.